The van der Waals surface area contributed by atoms with Crippen molar-refractivity contribution in [3.05, 3.63) is 18.2 Å². The van der Waals surface area contributed by atoms with Gasteiger partial charge in [0.15, 0.2) is 0 Å². The number of nitrogens with one attached hydrogen (secondary N) is 2. The summed E-state index contributed by atoms with van der Waals surface area (Å²) in [6, 6.07) is -0.432. The third-order valence-electron chi connectivity index (χ3n) is 3.75. The zero-order valence-corrected chi connectivity index (χ0v) is 11.5. The Kier molecular flexibility index (Phi) is 4.60. The number of amides is 2. The van der Waals surface area contributed by atoms with Gasteiger partial charge in [0.05, 0.1) is 5.92 Å². The summed E-state index contributed by atoms with van der Waals surface area (Å²) >= 11 is 0. The molecule has 7 heteroatoms. The number of rotatable bonds is 5. The van der Waals surface area contributed by atoms with Gasteiger partial charge in [-0.1, -0.05) is 0 Å². The Balaban J connectivity index is 1.71. The number of carboxylic acids is 1. The van der Waals surface area contributed by atoms with Crippen LogP contribution in [0.5, 0.6) is 0 Å². The average molecular weight is 280 g/mol. The SMILES string of the molecule is CC1C(C(=O)O)CCN1C(=O)NCCCc1ncc[nH]1. The number of aromatic amines is 1. The van der Waals surface area contributed by atoms with Crippen LogP contribution in [0.25, 0.3) is 0 Å². The smallest absolute Gasteiger partial charge is 0.317 e. The summed E-state index contributed by atoms with van der Waals surface area (Å²) in [6.07, 6.45) is 5.57. The van der Waals surface area contributed by atoms with Crippen molar-refractivity contribution in [3.8, 4) is 0 Å². The quantitative estimate of drug-likeness (QED) is 0.696. The minimum Gasteiger partial charge on any atom is -0.481 e. The predicted octanol–water partition coefficient (Wildman–Crippen LogP) is 0.847. The number of imidazole rings is 1. The van der Waals surface area contributed by atoms with Gasteiger partial charge in [-0.15, -0.1) is 0 Å². The van der Waals surface area contributed by atoms with Crippen LogP contribution in [0.3, 0.4) is 0 Å². The number of hydrogen-bond donors (Lipinski definition) is 3. The number of likely N-dealkylation sites (tertiary alicyclic amines) is 1. The first-order chi connectivity index (χ1) is 9.59. The van der Waals surface area contributed by atoms with E-state index in [2.05, 4.69) is 15.3 Å². The van der Waals surface area contributed by atoms with E-state index < -0.39 is 11.9 Å². The Morgan fingerprint density at radius 2 is 2.40 bits per heavy atom. The molecule has 20 heavy (non-hydrogen) atoms. The summed E-state index contributed by atoms with van der Waals surface area (Å²) in [6.45, 7) is 2.84. The van der Waals surface area contributed by atoms with Crippen molar-refractivity contribution in [3.63, 3.8) is 0 Å². The van der Waals surface area contributed by atoms with Gasteiger partial charge in [-0.2, -0.15) is 0 Å². The molecule has 0 bridgehead atoms. The zero-order chi connectivity index (χ0) is 14.5. The molecule has 0 saturated carbocycles. The third kappa shape index (κ3) is 3.28. The van der Waals surface area contributed by atoms with Crippen LogP contribution in [0, 0.1) is 5.92 Å². The summed E-state index contributed by atoms with van der Waals surface area (Å²) in [5, 5.41) is 11.9. The fourth-order valence-corrected chi connectivity index (χ4v) is 2.54. The van der Waals surface area contributed by atoms with Crippen LogP contribution in [0.4, 0.5) is 4.79 Å². The van der Waals surface area contributed by atoms with E-state index in [0.717, 1.165) is 18.7 Å². The summed E-state index contributed by atoms with van der Waals surface area (Å²) in [4.78, 5) is 31.7. The van der Waals surface area contributed by atoms with Crippen molar-refractivity contribution in [1.82, 2.24) is 20.2 Å². The van der Waals surface area contributed by atoms with E-state index in [-0.39, 0.29) is 12.1 Å². The number of aromatic nitrogens is 2. The molecule has 0 spiro atoms. The molecular formula is C13H20N4O3. The van der Waals surface area contributed by atoms with E-state index in [1.807, 2.05) is 0 Å². The number of urea groups is 1. The van der Waals surface area contributed by atoms with Crippen molar-refractivity contribution in [2.24, 2.45) is 5.92 Å². The molecule has 0 radical (unpaired) electrons. The molecule has 0 aliphatic carbocycles. The van der Waals surface area contributed by atoms with Crippen LogP contribution < -0.4 is 5.32 Å². The van der Waals surface area contributed by atoms with Crippen molar-refractivity contribution >= 4 is 12.0 Å². The molecule has 2 unspecified atom stereocenters. The highest BCUT2D eigenvalue weighted by molar-refractivity contribution is 5.78. The van der Waals surface area contributed by atoms with Crippen LogP contribution >= 0.6 is 0 Å². The number of carbonyl (C=O) groups excluding carboxylic acids is 1. The maximum Gasteiger partial charge on any atom is 0.317 e. The molecule has 2 amide bonds. The van der Waals surface area contributed by atoms with Gasteiger partial charge >= 0.3 is 12.0 Å². The maximum atomic E-state index is 12.0. The molecule has 1 aliphatic rings. The Morgan fingerprint density at radius 3 is 3.00 bits per heavy atom. The van der Waals surface area contributed by atoms with Gasteiger partial charge in [0.1, 0.15) is 5.82 Å². The number of carboxylic acid groups (broad SMARTS) is 1. The number of carbonyl (C=O) groups is 2. The molecule has 3 N–H and O–H groups in total. The molecule has 2 atom stereocenters. The van der Waals surface area contributed by atoms with Crippen molar-refractivity contribution < 1.29 is 14.7 Å². The molecule has 1 fully saturated rings. The molecule has 110 valence electrons. The van der Waals surface area contributed by atoms with Gasteiger partial charge in [-0.3, -0.25) is 4.79 Å². The first kappa shape index (κ1) is 14.4. The van der Waals surface area contributed by atoms with E-state index in [1.165, 1.54) is 0 Å². The van der Waals surface area contributed by atoms with Crippen molar-refractivity contribution in [1.29, 1.82) is 0 Å². The monoisotopic (exact) mass is 280 g/mol. The lowest BCUT2D eigenvalue weighted by Gasteiger charge is -2.23. The van der Waals surface area contributed by atoms with E-state index in [4.69, 9.17) is 5.11 Å². The van der Waals surface area contributed by atoms with Gasteiger partial charge < -0.3 is 20.3 Å². The minimum absolute atomic E-state index is 0.180. The van der Waals surface area contributed by atoms with Crippen LogP contribution in [0.2, 0.25) is 0 Å². The van der Waals surface area contributed by atoms with E-state index in [1.54, 1.807) is 24.2 Å². The van der Waals surface area contributed by atoms with Gasteiger partial charge in [0.2, 0.25) is 0 Å². The molecule has 1 saturated heterocycles. The van der Waals surface area contributed by atoms with Crippen LogP contribution in [-0.2, 0) is 11.2 Å². The summed E-state index contributed by atoms with van der Waals surface area (Å²) < 4.78 is 0. The Hall–Kier alpha value is -2.05. The second-order valence-corrected chi connectivity index (χ2v) is 5.04. The number of aryl methyl sites for hydroxylation is 1. The predicted molar refractivity (Wildman–Crippen MR) is 72.2 cm³/mol. The number of nitrogens with zero attached hydrogens (tertiary/aromatic N) is 2. The van der Waals surface area contributed by atoms with Gasteiger partial charge in [0.25, 0.3) is 0 Å². The lowest BCUT2D eigenvalue weighted by atomic mass is 10.0. The van der Waals surface area contributed by atoms with E-state index in [0.29, 0.717) is 19.5 Å². The highest BCUT2D eigenvalue weighted by Gasteiger charge is 2.37. The molecule has 7 nitrogen and oxygen atoms in total. The molecule has 1 aromatic heterocycles. The van der Waals surface area contributed by atoms with Crippen molar-refractivity contribution in [2.45, 2.75) is 32.2 Å². The molecule has 1 aromatic rings. The normalized spacial score (nSPS) is 21.9. The zero-order valence-electron chi connectivity index (χ0n) is 11.5. The van der Waals surface area contributed by atoms with E-state index >= 15 is 0 Å². The van der Waals surface area contributed by atoms with Crippen LogP contribution in [-0.4, -0.2) is 51.1 Å². The van der Waals surface area contributed by atoms with Gasteiger partial charge in [-0.25, -0.2) is 9.78 Å². The average Bonchev–Trinajstić information content (AvgIpc) is 3.03. The number of aliphatic carboxylic acids is 1. The highest BCUT2D eigenvalue weighted by atomic mass is 16.4. The molecule has 0 aromatic carbocycles. The topological polar surface area (TPSA) is 98.3 Å². The highest BCUT2D eigenvalue weighted by Crippen LogP contribution is 2.24. The fraction of sp³-hybridized carbons (Fsp3) is 0.615. The van der Waals surface area contributed by atoms with Gasteiger partial charge in [-0.05, 0) is 19.8 Å². The van der Waals surface area contributed by atoms with Crippen molar-refractivity contribution in [2.75, 3.05) is 13.1 Å². The summed E-state index contributed by atoms with van der Waals surface area (Å²) in [5.41, 5.74) is 0. The summed E-state index contributed by atoms with van der Waals surface area (Å²) in [5.74, 6) is -0.380. The Labute approximate surface area is 117 Å². The van der Waals surface area contributed by atoms with Gasteiger partial charge in [0, 0.05) is 37.9 Å². The second-order valence-electron chi connectivity index (χ2n) is 5.04. The number of H-pyrrole nitrogens is 1. The number of hydrogen-bond acceptors (Lipinski definition) is 3. The van der Waals surface area contributed by atoms with Crippen LogP contribution in [0.1, 0.15) is 25.6 Å². The summed E-state index contributed by atoms with van der Waals surface area (Å²) in [7, 11) is 0. The molecule has 2 rings (SSSR count). The molecule has 1 aliphatic heterocycles. The second kappa shape index (κ2) is 6.40. The standard InChI is InChI=1S/C13H20N4O3/c1-9-10(12(18)19)4-8-17(9)13(20)16-5-2-3-11-14-6-7-15-11/h6-7,9-10H,2-5,8H2,1H3,(H,14,15)(H,16,20)(H,18,19). The lowest BCUT2D eigenvalue weighted by molar-refractivity contribution is -0.142. The first-order valence-electron chi connectivity index (χ1n) is 6.85. The molecular weight excluding hydrogens is 260 g/mol. The largest absolute Gasteiger partial charge is 0.481 e. The first-order valence-corrected chi connectivity index (χ1v) is 6.85. The minimum atomic E-state index is -0.828. The fourth-order valence-electron chi connectivity index (χ4n) is 2.54. The van der Waals surface area contributed by atoms with Crippen LogP contribution in [0.15, 0.2) is 12.4 Å². The Bertz CT molecular complexity index is 460. The Morgan fingerprint density at radius 1 is 1.60 bits per heavy atom. The molecule has 2 heterocycles. The van der Waals surface area contributed by atoms with E-state index in [9.17, 15) is 9.59 Å². The lowest BCUT2D eigenvalue weighted by Crippen LogP contribution is -2.44. The maximum absolute atomic E-state index is 12.0. The third-order valence-corrected chi connectivity index (χ3v) is 3.75.